The summed E-state index contributed by atoms with van der Waals surface area (Å²) in [7, 11) is 1.66. The molecule has 0 unspecified atom stereocenters. The zero-order valence-corrected chi connectivity index (χ0v) is 13.1. The van der Waals surface area contributed by atoms with Crippen LogP contribution >= 0.6 is 0 Å². The van der Waals surface area contributed by atoms with Gasteiger partial charge in [-0.2, -0.15) is 0 Å². The largest absolute Gasteiger partial charge is 0.494 e. The first kappa shape index (κ1) is 14.8. The van der Waals surface area contributed by atoms with Crippen LogP contribution in [0.3, 0.4) is 0 Å². The maximum Gasteiger partial charge on any atom is 0.176 e. The molecule has 116 valence electrons. The molecule has 1 aromatic carbocycles. The number of rotatable bonds is 6. The second kappa shape index (κ2) is 6.32. The second-order valence-corrected chi connectivity index (χ2v) is 5.51. The van der Waals surface area contributed by atoms with Gasteiger partial charge in [-0.05, 0) is 44.0 Å². The minimum absolute atomic E-state index is 0.400. The van der Waals surface area contributed by atoms with Gasteiger partial charge in [-0.1, -0.05) is 12.2 Å². The highest BCUT2D eigenvalue weighted by Crippen LogP contribution is 2.39. The van der Waals surface area contributed by atoms with Gasteiger partial charge in [0.1, 0.15) is 18.2 Å². The third kappa shape index (κ3) is 2.90. The molecule has 1 aliphatic rings. The van der Waals surface area contributed by atoms with Crippen molar-refractivity contribution in [2.75, 3.05) is 13.7 Å². The van der Waals surface area contributed by atoms with Gasteiger partial charge >= 0.3 is 0 Å². The average molecular weight is 299 g/mol. The van der Waals surface area contributed by atoms with Gasteiger partial charge in [0.25, 0.3) is 0 Å². The Hall–Kier alpha value is -2.14. The Morgan fingerprint density at radius 2 is 2.00 bits per heavy atom. The Morgan fingerprint density at radius 1 is 1.27 bits per heavy atom. The molecule has 1 heterocycles. The Kier molecular flexibility index (Phi) is 4.24. The van der Waals surface area contributed by atoms with E-state index in [1.165, 1.54) is 5.57 Å². The molecule has 0 atom stereocenters. The van der Waals surface area contributed by atoms with Crippen LogP contribution in [0.2, 0.25) is 0 Å². The van der Waals surface area contributed by atoms with Crippen LogP contribution in [0.15, 0.2) is 36.4 Å². The van der Waals surface area contributed by atoms with Crippen molar-refractivity contribution >= 4 is 0 Å². The Balaban J connectivity index is 1.91. The van der Waals surface area contributed by atoms with E-state index in [9.17, 15) is 0 Å². The molecule has 1 fully saturated rings. The standard InChI is InChI=1S/C17H21N3O2/c1-4-22-15-7-5-14(6-8-15)20-17(13-9-12(2)10-13)18-16(19-20)11-21-3/h5-8,13H,2,4,9-11H2,1,3H3. The quantitative estimate of drug-likeness (QED) is 0.768. The molecule has 5 heteroatoms. The summed E-state index contributed by atoms with van der Waals surface area (Å²) in [4.78, 5) is 4.65. The van der Waals surface area contributed by atoms with Crippen molar-refractivity contribution in [3.8, 4) is 11.4 Å². The summed E-state index contributed by atoms with van der Waals surface area (Å²) in [6, 6.07) is 7.93. The van der Waals surface area contributed by atoms with E-state index < -0.39 is 0 Å². The molecular weight excluding hydrogens is 278 g/mol. The summed E-state index contributed by atoms with van der Waals surface area (Å²) in [5.74, 6) is 2.96. The van der Waals surface area contributed by atoms with E-state index in [1.807, 2.05) is 35.9 Å². The fourth-order valence-electron chi connectivity index (χ4n) is 2.68. The van der Waals surface area contributed by atoms with Gasteiger partial charge in [0.15, 0.2) is 5.82 Å². The SMILES string of the molecule is C=C1CC(c2nc(COC)nn2-c2ccc(OCC)cc2)C1. The smallest absolute Gasteiger partial charge is 0.176 e. The summed E-state index contributed by atoms with van der Waals surface area (Å²) in [5, 5.41) is 4.58. The summed E-state index contributed by atoms with van der Waals surface area (Å²) in [6.45, 7) is 7.08. The molecule has 2 aromatic rings. The average Bonchev–Trinajstić information content (AvgIpc) is 2.89. The van der Waals surface area contributed by atoms with Crippen LogP contribution in [0.1, 0.15) is 37.3 Å². The molecule has 0 amide bonds. The van der Waals surface area contributed by atoms with Crippen molar-refractivity contribution in [3.05, 3.63) is 48.1 Å². The van der Waals surface area contributed by atoms with Gasteiger partial charge in [-0.3, -0.25) is 0 Å². The van der Waals surface area contributed by atoms with Crippen LogP contribution in [-0.4, -0.2) is 28.5 Å². The van der Waals surface area contributed by atoms with E-state index in [4.69, 9.17) is 9.47 Å². The van der Waals surface area contributed by atoms with E-state index in [0.29, 0.717) is 25.0 Å². The monoisotopic (exact) mass is 299 g/mol. The summed E-state index contributed by atoms with van der Waals surface area (Å²) in [5.41, 5.74) is 2.27. The molecule has 5 nitrogen and oxygen atoms in total. The van der Waals surface area contributed by atoms with E-state index in [-0.39, 0.29) is 0 Å². The van der Waals surface area contributed by atoms with Gasteiger partial charge < -0.3 is 9.47 Å². The third-order valence-electron chi connectivity index (χ3n) is 3.78. The number of benzene rings is 1. The van der Waals surface area contributed by atoms with Crippen LogP contribution in [-0.2, 0) is 11.3 Å². The maximum atomic E-state index is 5.49. The topological polar surface area (TPSA) is 49.2 Å². The zero-order valence-electron chi connectivity index (χ0n) is 13.1. The van der Waals surface area contributed by atoms with Crippen LogP contribution in [0.25, 0.3) is 5.69 Å². The predicted molar refractivity (Wildman–Crippen MR) is 84.4 cm³/mol. The lowest BCUT2D eigenvalue weighted by Gasteiger charge is -2.27. The third-order valence-corrected chi connectivity index (χ3v) is 3.78. The molecule has 0 N–H and O–H groups in total. The lowest BCUT2D eigenvalue weighted by Crippen LogP contribution is -2.17. The molecule has 0 radical (unpaired) electrons. The molecule has 0 spiro atoms. The van der Waals surface area contributed by atoms with Crippen LogP contribution in [0, 0.1) is 0 Å². The van der Waals surface area contributed by atoms with Crippen molar-refractivity contribution in [1.29, 1.82) is 0 Å². The first-order chi connectivity index (χ1) is 10.7. The molecule has 1 aromatic heterocycles. The van der Waals surface area contributed by atoms with Gasteiger partial charge in [0.05, 0.1) is 12.3 Å². The molecule has 0 saturated heterocycles. The lowest BCUT2D eigenvalue weighted by atomic mass is 9.80. The highest BCUT2D eigenvalue weighted by atomic mass is 16.5. The number of methoxy groups -OCH3 is 1. The predicted octanol–water partition coefficient (Wildman–Crippen LogP) is 3.25. The van der Waals surface area contributed by atoms with Crippen LogP contribution in [0.4, 0.5) is 0 Å². The Labute approximate surface area is 130 Å². The normalized spacial score (nSPS) is 14.9. The van der Waals surface area contributed by atoms with E-state index in [0.717, 1.165) is 30.1 Å². The number of ether oxygens (including phenoxy) is 2. The molecule has 1 aliphatic carbocycles. The van der Waals surface area contributed by atoms with Crippen molar-refractivity contribution in [2.24, 2.45) is 0 Å². The van der Waals surface area contributed by atoms with Crippen molar-refractivity contribution in [1.82, 2.24) is 14.8 Å². The van der Waals surface area contributed by atoms with E-state index in [1.54, 1.807) is 7.11 Å². The Morgan fingerprint density at radius 3 is 2.59 bits per heavy atom. The van der Waals surface area contributed by atoms with Gasteiger partial charge in [0.2, 0.25) is 0 Å². The highest BCUT2D eigenvalue weighted by molar-refractivity contribution is 5.38. The molecule has 0 bridgehead atoms. The summed E-state index contributed by atoms with van der Waals surface area (Å²) >= 11 is 0. The highest BCUT2D eigenvalue weighted by Gasteiger charge is 2.29. The molecular formula is C17H21N3O2. The second-order valence-electron chi connectivity index (χ2n) is 5.51. The first-order valence-electron chi connectivity index (χ1n) is 7.56. The fourth-order valence-corrected chi connectivity index (χ4v) is 2.68. The lowest BCUT2D eigenvalue weighted by molar-refractivity contribution is 0.177. The summed E-state index contributed by atoms with van der Waals surface area (Å²) in [6.07, 6.45) is 1.98. The minimum atomic E-state index is 0.400. The number of hydrogen-bond donors (Lipinski definition) is 0. The molecule has 0 aliphatic heterocycles. The molecule has 22 heavy (non-hydrogen) atoms. The van der Waals surface area contributed by atoms with Crippen LogP contribution in [0.5, 0.6) is 5.75 Å². The van der Waals surface area contributed by atoms with Gasteiger partial charge in [0, 0.05) is 13.0 Å². The van der Waals surface area contributed by atoms with Gasteiger partial charge in [-0.15, -0.1) is 5.10 Å². The van der Waals surface area contributed by atoms with Gasteiger partial charge in [-0.25, -0.2) is 9.67 Å². The maximum absolute atomic E-state index is 5.49. The minimum Gasteiger partial charge on any atom is -0.494 e. The van der Waals surface area contributed by atoms with Crippen molar-refractivity contribution in [3.63, 3.8) is 0 Å². The number of allylic oxidation sites excluding steroid dienone is 1. The zero-order chi connectivity index (χ0) is 15.5. The van der Waals surface area contributed by atoms with Crippen molar-refractivity contribution in [2.45, 2.75) is 32.3 Å². The Bertz CT molecular complexity index is 653. The summed E-state index contributed by atoms with van der Waals surface area (Å²) < 4.78 is 12.6. The van der Waals surface area contributed by atoms with Crippen LogP contribution < -0.4 is 4.74 Å². The molecule has 3 rings (SSSR count). The number of hydrogen-bond acceptors (Lipinski definition) is 4. The van der Waals surface area contributed by atoms with E-state index in [2.05, 4.69) is 16.7 Å². The molecule has 1 saturated carbocycles. The fraction of sp³-hybridized carbons (Fsp3) is 0.412. The first-order valence-corrected chi connectivity index (χ1v) is 7.56. The van der Waals surface area contributed by atoms with E-state index >= 15 is 0 Å². The van der Waals surface area contributed by atoms with Crippen molar-refractivity contribution < 1.29 is 9.47 Å². The number of nitrogens with zero attached hydrogens (tertiary/aromatic N) is 3. The number of aromatic nitrogens is 3.